The number of rotatable bonds is 3. The second kappa shape index (κ2) is 11.1. The number of imidazole rings is 1. The molecule has 0 aliphatic carbocycles. The molecule has 0 amide bonds. The van der Waals surface area contributed by atoms with Gasteiger partial charge >= 0.3 is 21.1 Å². The van der Waals surface area contributed by atoms with E-state index in [1.807, 2.05) is 70.5 Å². The summed E-state index contributed by atoms with van der Waals surface area (Å²) in [5.74, 6) is 0.769. The number of thiophene rings is 1. The predicted molar refractivity (Wildman–Crippen MR) is 195 cm³/mol. The molecule has 0 saturated heterocycles. The zero-order valence-electron chi connectivity index (χ0n) is 26.5. The minimum absolute atomic E-state index is 0. The van der Waals surface area contributed by atoms with E-state index in [9.17, 15) is 0 Å². The summed E-state index contributed by atoms with van der Waals surface area (Å²) in [4.78, 5) is 11.6. The molecule has 0 spiro atoms. The van der Waals surface area contributed by atoms with Crippen LogP contribution in [-0.2, 0) is 26.5 Å². The van der Waals surface area contributed by atoms with Gasteiger partial charge in [0, 0.05) is 50.0 Å². The van der Waals surface area contributed by atoms with Crippen LogP contribution < -0.4 is 4.90 Å². The van der Waals surface area contributed by atoms with Gasteiger partial charge in [-0.15, -0.1) is 40.7 Å². The zero-order chi connectivity index (χ0) is 32.1. The van der Waals surface area contributed by atoms with Gasteiger partial charge in [-0.1, -0.05) is 84.4 Å². The van der Waals surface area contributed by atoms with Crippen LogP contribution in [0.25, 0.3) is 47.5 Å². The molecule has 238 valence electrons. The molecule has 1 aliphatic heterocycles. The van der Waals surface area contributed by atoms with Crippen LogP contribution in [0.3, 0.4) is 0 Å². The summed E-state index contributed by atoms with van der Waals surface area (Å²) >= 11 is 1.83. The minimum atomic E-state index is -1.44. The third-order valence-corrected chi connectivity index (χ3v) is 11.2. The van der Waals surface area contributed by atoms with Gasteiger partial charge in [0.05, 0.1) is 5.65 Å². The summed E-state index contributed by atoms with van der Waals surface area (Å²) in [6.45, 7) is 4.53. The fourth-order valence-electron chi connectivity index (χ4n) is 7.69. The first-order chi connectivity index (χ1) is 23.5. The second-order valence-corrected chi connectivity index (χ2v) is 14.0. The van der Waals surface area contributed by atoms with E-state index in [0.29, 0.717) is 11.1 Å². The molecule has 49 heavy (non-hydrogen) atoms. The first kappa shape index (κ1) is 30.2. The quantitative estimate of drug-likeness (QED) is 0.131. The predicted octanol–water partition coefficient (Wildman–Crippen LogP) is 11.2. The number of alkyl halides is 1. The van der Waals surface area contributed by atoms with E-state index in [1.54, 1.807) is 12.4 Å². The van der Waals surface area contributed by atoms with Crippen molar-refractivity contribution in [3.8, 4) is 0 Å². The Hall–Kier alpha value is -4.90. The van der Waals surface area contributed by atoms with Crippen LogP contribution in [0.2, 0.25) is 0 Å². The van der Waals surface area contributed by atoms with Crippen molar-refractivity contribution in [3.05, 3.63) is 156 Å². The number of hydrogen-bond donors (Lipinski definition) is 0. The normalized spacial score (nSPS) is 14.3. The van der Waals surface area contributed by atoms with Gasteiger partial charge in [0.25, 0.3) is 0 Å². The number of pyridine rings is 2. The molecule has 0 fully saturated rings. The molecule has 0 saturated carbocycles. The number of para-hydroxylation sites is 1. The Balaban J connectivity index is 0.00000325. The number of hydrogen-bond acceptors (Lipinski definition) is 4. The van der Waals surface area contributed by atoms with E-state index in [0.717, 1.165) is 50.1 Å². The van der Waals surface area contributed by atoms with Gasteiger partial charge in [-0.05, 0) is 46.7 Å². The molecule has 10 rings (SSSR count). The van der Waals surface area contributed by atoms with E-state index < -0.39 is 6.17 Å². The van der Waals surface area contributed by atoms with Crippen molar-refractivity contribution in [1.82, 2.24) is 14.4 Å². The summed E-state index contributed by atoms with van der Waals surface area (Å²) in [6.07, 6.45) is 4.09. The first-order valence-corrected chi connectivity index (χ1v) is 16.9. The molecule has 4 aromatic heterocycles. The molecule has 0 bridgehead atoms. The Kier molecular flexibility index (Phi) is 6.81. The number of anilines is 3. The standard InChI is InChI=1S/C42H27FN4S.Pt/c1-42(2)32-18-15-26(39(43)25-14-16-27-28-9-3-5-11-33(28)46-22-21-45-41(46)31(27)23-25)24-35(32)47(37-13-7-8-20-44-37)34-19-17-30-29-10-4-6-12-36(29)48-40(30)38(34)42;/h3-22,39H,1-2H3;/q-2;+2. The number of halogens is 1. The SMILES string of the molecule is CC1(C)c2ccc(C(F)c3[c-]c4c(cc3)c3ccccc3n3ccnc43)[c-]c2N(c2ccccn2)c2ccc3c(sc4ccccc43)c21.[Pt+2]. The molecule has 5 aromatic carbocycles. The van der Waals surface area contributed by atoms with Crippen LogP contribution in [0, 0.1) is 12.1 Å². The number of benzene rings is 5. The van der Waals surface area contributed by atoms with E-state index in [-0.39, 0.29) is 26.5 Å². The van der Waals surface area contributed by atoms with E-state index in [4.69, 9.17) is 4.98 Å². The molecular formula is C42H27FN4PtS. The van der Waals surface area contributed by atoms with E-state index in [1.165, 1.54) is 25.7 Å². The molecule has 5 heterocycles. The Morgan fingerprint density at radius 1 is 0.735 bits per heavy atom. The Morgan fingerprint density at radius 3 is 2.35 bits per heavy atom. The van der Waals surface area contributed by atoms with Crippen molar-refractivity contribution < 1.29 is 25.5 Å². The summed E-state index contributed by atoms with van der Waals surface area (Å²) in [6, 6.07) is 42.0. The van der Waals surface area contributed by atoms with Gasteiger partial charge in [0.1, 0.15) is 12.0 Å². The van der Waals surface area contributed by atoms with Crippen LogP contribution in [-0.4, -0.2) is 14.4 Å². The minimum Gasteiger partial charge on any atom is -0.340 e. The van der Waals surface area contributed by atoms with E-state index in [2.05, 4.69) is 90.5 Å². The fraction of sp³-hybridized carbons (Fsp3) is 0.0952. The van der Waals surface area contributed by atoms with Gasteiger partial charge < -0.3 is 9.30 Å². The van der Waals surface area contributed by atoms with Gasteiger partial charge in [-0.3, -0.25) is 4.98 Å². The van der Waals surface area contributed by atoms with E-state index >= 15 is 4.39 Å². The Morgan fingerprint density at radius 2 is 1.49 bits per heavy atom. The Labute approximate surface area is 300 Å². The molecule has 1 unspecified atom stereocenters. The number of aromatic nitrogens is 3. The molecule has 1 aliphatic rings. The summed E-state index contributed by atoms with van der Waals surface area (Å²) < 4.78 is 21.4. The largest absolute Gasteiger partial charge is 2.00 e. The molecular weight excluding hydrogens is 807 g/mol. The van der Waals surface area contributed by atoms with Crippen molar-refractivity contribution in [3.63, 3.8) is 0 Å². The topological polar surface area (TPSA) is 33.4 Å². The molecule has 7 heteroatoms. The monoisotopic (exact) mass is 833 g/mol. The fourth-order valence-corrected chi connectivity index (χ4v) is 9.10. The second-order valence-electron chi connectivity index (χ2n) is 13.0. The van der Waals surface area contributed by atoms with Crippen molar-refractivity contribution >= 4 is 76.0 Å². The van der Waals surface area contributed by atoms with Crippen molar-refractivity contribution in [2.24, 2.45) is 0 Å². The molecule has 4 nitrogen and oxygen atoms in total. The van der Waals surface area contributed by atoms with Crippen LogP contribution >= 0.6 is 11.3 Å². The third-order valence-electron chi connectivity index (χ3n) is 9.95. The maximum absolute atomic E-state index is 16.8. The van der Waals surface area contributed by atoms with Gasteiger partial charge in [-0.2, -0.15) is 18.2 Å². The van der Waals surface area contributed by atoms with Gasteiger partial charge in [-0.25, -0.2) is 9.37 Å². The van der Waals surface area contributed by atoms with Crippen molar-refractivity contribution in [2.45, 2.75) is 25.4 Å². The van der Waals surface area contributed by atoms with Crippen molar-refractivity contribution in [1.29, 1.82) is 0 Å². The summed E-state index contributed by atoms with van der Waals surface area (Å²) in [5, 5.41) is 5.40. The molecule has 0 N–H and O–H groups in total. The van der Waals surface area contributed by atoms with Gasteiger partial charge in [0.2, 0.25) is 0 Å². The van der Waals surface area contributed by atoms with Crippen LogP contribution in [0.5, 0.6) is 0 Å². The summed E-state index contributed by atoms with van der Waals surface area (Å²) in [7, 11) is 0. The van der Waals surface area contributed by atoms with Crippen molar-refractivity contribution in [2.75, 3.05) is 4.90 Å². The maximum Gasteiger partial charge on any atom is 2.00 e. The molecule has 1 atom stereocenters. The van der Waals surface area contributed by atoms with Crippen LogP contribution in [0.1, 0.15) is 42.3 Å². The number of nitrogens with zero attached hydrogens (tertiary/aromatic N) is 4. The van der Waals surface area contributed by atoms with Gasteiger partial charge in [0.15, 0.2) is 0 Å². The summed E-state index contributed by atoms with van der Waals surface area (Å²) in [5.41, 5.74) is 6.53. The molecule has 0 radical (unpaired) electrons. The Bertz CT molecular complexity index is 2750. The average Bonchev–Trinajstić information content (AvgIpc) is 3.77. The van der Waals surface area contributed by atoms with Crippen LogP contribution in [0.4, 0.5) is 21.6 Å². The zero-order valence-corrected chi connectivity index (χ0v) is 29.6. The first-order valence-electron chi connectivity index (χ1n) is 16.1. The third kappa shape index (κ3) is 4.30. The maximum atomic E-state index is 16.8. The average molecular weight is 834 g/mol. The smallest absolute Gasteiger partial charge is 0.340 e. The molecule has 9 aromatic rings. The van der Waals surface area contributed by atoms with Crippen LogP contribution in [0.15, 0.2) is 122 Å². The number of fused-ring (bicyclic) bond motifs is 12.